The standard InChI is InChI=1S/C13H16N2/c1-13(2)7-11(13)15-8-9-5-3-4-6-10(9)12(15)14/h3-6,11,14H,7-8H2,1-2H3. The number of rotatable bonds is 1. The highest BCUT2D eigenvalue weighted by atomic mass is 15.3. The Bertz CT molecular complexity index is 434. The van der Waals surface area contributed by atoms with Gasteiger partial charge in [0.2, 0.25) is 0 Å². The molecule has 1 atom stereocenters. The first kappa shape index (κ1) is 8.96. The van der Waals surface area contributed by atoms with Crippen molar-refractivity contribution in [3.05, 3.63) is 35.4 Å². The van der Waals surface area contributed by atoms with Gasteiger partial charge in [0.05, 0.1) is 0 Å². The zero-order valence-corrected chi connectivity index (χ0v) is 9.25. The predicted octanol–water partition coefficient (Wildman–Crippen LogP) is 2.63. The molecule has 0 saturated heterocycles. The highest BCUT2D eigenvalue weighted by molar-refractivity contribution is 6.00. The van der Waals surface area contributed by atoms with Crippen LogP contribution in [0.1, 0.15) is 31.4 Å². The maximum Gasteiger partial charge on any atom is 0.128 e. The SMILES string of the molecule is CC1(C)CC1N1Cc2ccccc2C1=N. The summed E-state index contributed by atoms with van der Waals surface area (Å²) in [5, 5.41) is 8.16. The molecule has 2 nitrogen and oxygen atoms in total. The molecule has 1 aliphatic heterocycles. The Balaban J connectivity index is 1.92. The van der Waals surface area contributed by atoms with E-state index in [0.717, 1.165) is 17.9 Å². The monoisotopic (exact) mass is 200 g/mol. The summed E-state index contributed by atoms with van der Waals surface area (Å²) in [5.41, 5.74) is 2.85. The fourth-order valence-electron chi connectivity index (χ4n) is 2.54. The normalized spacial score (nSPS) is 26.7. The van der Waals surface area contributed by atoms with E-state index in [4.69, 9.17) is 5.41 Å². The Morgan fingerprint density at radius 3 is 2.60 bits per heavy atom. The quantitative estimate of drug-likeness (QED) is 0.741. The second-order valence-electron chi connectivity index (χ2n) is 5.34. The van der Waals surface area contributed by atoms with Crippen molar-refractivity contribution in [3.8, 4) is 0 Å². The topological polar surface area (TPSA) is 27.1 Å². The van der Waals surface area contributed by atoms with Gasteiger partial charge in [-0.05, 0) is 17.4 Å². The molecular weight excluding hydrogens is 184 g/mol. The van der Waals surface area contributed by atoms with Crippen LogP contribution in [0.15, 0.2) is 24.3 Å². The molecule has 0 spiro atoms. The van der Waals surface area contributed by atoms with E-state index in [1.807, 2.05) is 6.07 Å². The lowest BCUT2D eigenvalue weighted by Gasteiger charge is -2.19. The van der Waals surface area contributed by atoms with Crippen LogP contribution in [0.5, 0.6) is 0 Å². The number of nitrogens with zero attached hydrogens (tertiary/aromatic N) is 1. The van der Waals surface area contributed by atoms with Gasteiger partial charge >= 0.3 is 0 Å². The van der Waals surface area contributed by atoms with Gasteiger partial charge < -0.3 is 4.90 Å². The van der Waals surface area contributed by atoms with Gasteiger partial charge in [0.15, 0.2) is 0 Å². The molecule has 1 N–H and O–H groups in total. The van der Waals surface area contributed by atoms with Crippen molar-refractivity contribution in [1.82, 2.24) is 4.90 Å². The van der Waals surface area contributed by atoms with Crippen LogP contribution in [-0.4, -0.2) is 16.8 Å². The molecule has 0 aromatic heterocycles. The lowest BCUT2D eigenvalue weighted by molar-refractivity contribution is 0.364. The molecule has 0 amide bonds. The van der Waals surface area contributed by atoms with Gasteiger partial charge in [0, 0.05) is 18.2 Å². The summed E-state index contributed by atoms with van der Waals surface area (Å²) in [4.78, 5) is 2.25. The molecule has 1 heterocycles. The third kappa shape index (κ3) is 1.21. The lowest BCUT2D eigenvalue weighted by Crippen LogP contribution is -2.29. The first-order chi connectivity index (χ1) is 7.09. The van der Waals surface area contributed by atoms with Crippen LogP contribution in [0.4, 0.5) is 0 Å². The van der Waals surface area contributed by atoms with Crippen molar-refractivity contribution < 1.29 is 0 Å². The molecule has 78 valence electrons. The molecule has 2 aliphatic rings. The average Bonchev–Trinajstić information content (AvgIpc) is 2.69. The van der Waals surface area contributed by atoms with Crippen LogP contribution < -0.4 is 0 Å². The number of fused-ring (bicyclic) bond motifs is 1. The summed E-state index contributed by atoms with van der Waals surface area (Å²) in [6.07, 6.45) is 1.23. The van der Waals surface area contributed by atoms with Gasteiger partial charge in [-0.25, -0.2) is 0 Å². The third-order valence-corrected chi connectivity index (χ3v) is 3.74. The van der Waals surface area contributed by atoms with E-state index < -0.39 is 0 Å². The Labute approximate surface area is 90.4 Å². The van der Waals surface area contributed by atoms with E-state index in [-0.39, 0.29) is 0 Å². The van der Waals surface area contributed by atoms with Crippen molar-refractivity contribution in [1.29, 1.82) is 5.41 Å². The van der Waals surface area contributed by atoms with E-state index in [1.54, 1.807) is 0 Å². The summed E-state index contributed by atoms with van der Waals surface area (Å²) < 4.78 is 0. The Morgan fingerprint density at radius 1 is 1.33 bits per heavy atom. The second-order valence-corrected chi connectivity index (χ2v) is 5.34. The smallest absolute Gasteiger partial charge is 0.128 e. The molecule has 2 heteroatoms. The average molecular weight is 200 g/mol. The number of hydrogen-bond donors (Lipinski definition) is 1. The molecule has 1 unspecified atom stereocenters. The molecule has 1 saturated carbocycles. The summed E-state index contributed by atoms with van der Waals surface area (Å²) in [7, 11) is 0. The zero-order chi connectivity index (χ0) is 10.6. The van der Waals surface area contributed by atoms with Gasteiger partial charge in [0.1, 0.15) is 5.84 Å². The van der Waals surface area contributed by atoms with Crippen molar-refractivity contribution in [3.63, 3.8) is 0 Å². The number of nitrogens with one attached hydrogen (secondary N) is 1. The highest BCUT2D eigenvalue weighted by Crippen LogP contribution is 2.50. The molecular formula is C13H16N2. The van der Waals surface area contributed by atoms with E-state index in [1.165, 1.54) is 12.0 Å². The fourth-order valence-corrected chi connectivity index (χ4v) is 2.54. The molecule has 1 aliphatic carbocycles. The number of benzene rings is 1. The first-order valence-electron chi connectivity index (χ1n) is 5.53. The van der Waals surface area contributed by atoms with Crippen molar-refractivity contribution in [2.24, 2.45) is 5.41 Å². The lowest BCUT2D eigenvalue weighted by atomic mass is 10.1. The fraction of sp³-hybridized carbons (Fsp3) is 0.462. The largest absolute Gasteiger partial charge is 0.349 e. The highest BCUT2D eigenvalue weighted by Gasteiger charge is 2.51. The van der Waals surface area contributed by atoms with Crippen molar-refractivity contribution >= 4 is 5.84 Å². The molecule has 0 radical (unpaired) electrons. The molecule has 15 heavy (non-hydrogen) atoms. The Morgan fingerprint density at radius 2 is 2.00 bits per heavy atom. The van der Waals surface area contributed by atoms with Crippen molar-refractivity contribution in [2.45, 2.75) is 32.9 Å². The maximum absolute atomic E-state index is 8.16. The number of hydrogen-bond acceptors (Lipinski definition) is 1. The minimum Gasteiger partial charge on any atom is -0.349 e. The Hall–Kier alpha value is -1.31. The van der Waals surface area contributed by atoms with Crippen LogP contribution in [0.25, 0.3) is 0 Å². The summed E-state index contributed by atoms with van der Waals surface area (Å²) in [6.45, 7) is 5.50. The van der Waals surface area contributed by atoms with Gasteiger partial charge in [-0.15, -0.1) is 0 Å². The zero-order valence-electron chi connectivity index (χ0n) is 9.25. The molecule has 1 aromatic rings. The van der Waals surface area contributed by atoms with Gasteiger partial charge in [0.25, 0.3) is 0 Å². The summed E-state index contributed by atoms with van der Waals surface area (Å²) in [5.74, 6) is 0.723. The second kappa shape index (κ2) is 2.63. The van der Waals surface area contributed by atoms with E-state index >= 15 is 0 Å². The number of amidine groups is 1. The van der Waals surface area contributed by atoms with Crippen LogP contribution in [0.2, 0.25) is 0 Å². The van der Waals surface area contributed by atoms with E-state index in [2.05, 4.69) is 36.9 Å². The molecule has 1 aromatic carbocycles. The third-order valence-electron chi connectivity index (χ3n) is 3.74. The molecule has 3 rings (SSSR count). The van der Waals surface area contributed by atoms with Crippen LogP contribution in [0, 0.1) is 10.8 Å². The summed E-state index contributed by atoms with van der Waals surface area (Å²) in [6, 6.07) is 8.87. The Kier molecular flexibility index (Phi) is 1.57. The van der Waals surface area contributed by atoms with E-state index in [9.17, 15) is 0 Å². The predicted molar refractivity (Wildman–Crippen MR) is 61.0 cm³/mol. The minimum atomic E-state index is 0.411. The van der Waals surface area contributed by atoms with Crippen LogP contribution in [0.3, 0.4) is 0 Å². The van der Waals surface area contributed by atoms with E-state index in [0.29, 0.717) is 11.5 Å². The van der Waals surface area contributed by atoms with Crippen molar-refractivity contribution in [2.75, 3.05) is 0 Å². The molecule has 0 bridgehead atoms. The van der Waals surface area contributed by atoms with Crippen LogP contribution in [-0.2, 0) is 6.54 Å². The first-order valence-corrected chi connectivity index (χ1v) is 5.53. The maximum atomic E-state index is 8.16. The van der Waals surface area contributed by atoms with Crippen LogP contribution >= 0.6 is 0 Å². The molecule has 1 fully saturated rings. The van der Waals surface area contributed by atoms with Gasteiger partial charge in [-0.2, -0.15) is 0 Å². The van der Waals surface area contributed by atoms with Gasteiger partial charge in [-0.3, -0.25) is 5.41 Å². The summed E-state index contributed by atoms with van der Waals surface area (Å²) >= 11 is 0. The van der Waals surface area contributed by atoms with Gasteiger partial charge in [-0.1, -0.05) is 38.1 Å². The minimum absolute atomic E-state index is 0.411.